The maximum absolute atomic E-state index is 11.1. The first-order valence-corrected chi connectivity index (χ1v) is 9.30. The molecule has 146 valence electrons. The Bertz CT molecular complexity index is 1130. The van der Waals surface area contributed by atoms with E-state index in [0.717, 1.165) is 16.8 Å². The predicted molar refractivity (Wildman–Crippen MR) is 118 cm³/mol. The van der Waals surface area contributed by atoms with E-state index in [2.05, 4.69) is 5.32 Å². The molecule has 0 bridgehead atoms. The Morgan fingerprint density at radius 1 is 1.07 bits per heavy atom. The third kappa shape index (κ3) is 4.83. The van der Waals surface area contributed by atoms with Crippen molar-refractivity contribution in [3.05, 3.63) is 99.9 Å². The summed E-state index contributed by atoms with van der Waals surface area (Å²) in [7, 11) is 0. The molecule has 3 rings (SSSR count). The maximum atomic E-state index is 11.1. The number of non-ortho nitro benzene ring substituents is 1. The number of nitro groups is 1. The van der Waals surface area contributed by atoms with E-state index in [9.17, 15) is 15.2 Å². The number of thiocarbonyl (C=S) groups is 1. The van der Waals surface area contributed by atoms with Gasteiger partial charge in [0.25, 0.3) is 11.4 Å². The molecule has 0 saturated carbocycles. The molecular weight excluding hydrogens is 386 g/mol. The zero-order valence-electron chi connectivity index (χ0n) is 16.0. The van der Waals surface area contributed by atoms with Crippen LogP contribution in [0.1, 0.15) is 16.7 Å². The number of nitro benzene ring substituents is 1. The van der Waals surface area contributed by atoms with Gasteiger partial charge < -0.3 is 10.4 Å². The molecular formula is C22H20N3O3S+. The second kappa shape index (κ2) is 8.62. The van der Waals surface area contributed by atoms with Crippen molar-refractivity contribution >= 4 is 40.0 Å². The summed E-state index contributed by atoms with van der Waals surface area (Å²) in [6.07, 6.45) is 3.59. The summed E-state index contributed by atoms with van der Waals surface area (Å²) in [6.45, 7) is 3.90. The minimum Gasteiger partial charge on any atom is -0.502 e. The molecule has 0 saturated heterocycles. The van der Waals surface area contributed by atoms with Crippen molar-refractivity contribution in [1.29, 1.82) is 0 Å². The molecule has 0 fully saturated rings. The minimum absolute atomic E-state index is 0.111. The van der Waals surface area contributed by atoms with Crippen molar-refractivity contribution < 1.29 is 14.6 Å². The van der Waals surface area contributed by atoms with Gasteiger partial charge in [-0.25, -0.2) is 0 Å². The van der Waals surface area contributed by atoms with Gasteiger partial charge in [-0.1, -0.05) is 36.5 Å². The van der Waals surface area contributed by atoms with E-state index in [1.807, 2.05) is 56.4 Å². The lowest BCUT2D eigenvalue weighted by Crippen LogP contribution is -2.38. The Kier molecular flexibility index (Phi) is 5.99. The van der Waals surface area contributed by atoms with Crippen LogP contribution in [0.2, 0.25) is 0 Å². The molecule has 0 aliphatic carbocycles. The van der Waals surface area contributed by atoms with E-state index in [-0.39, 0.29) is 16.4 Å². The van der Waals surface area contributed by atoms with Crippen LogP contribution in [0.3, 0.4) is 0 Å². The van der Waals surface area contributed by atoms with Crippen LogP contribution in [0, 0.1) is 24.0 Å². The van der Waals surface area contributed by atoms with Gasteiger partial charge in [0, 0.05) is 35.0 Å². The van der Waals surface area contributed by atoms with Gasteiger partial charge in [-0.2, -0.15) is 4.57 Å². The van der Waals surface area contributed by atoms with Gasteiger partial charge in [0.05, 0.1) is 4.92 Å². The number of aryl methyl sites for hydroxylation is 2. The molecule has 6 nitrogen and oxygen atoms in total. The molecule has 0 unspecified atom stereocenters. The van der Waals surface area contributed by atoms with Gasteiger partial charge in [-0.3, -0.25) is 10.1 Å². The van der Waals surface area contributed by atoms with Crippen molar-refractivity contribution in [1.82, 2.24) is 0 Å². The van der Waals surface area contributed by atoms with Crippen LogP contribution >= 0.6 is 12.2 Å². The second-order valence-corrected chi connectivity index (χ2v) is 7.03. The summed E-state index contributed by atoms with van der Waals surface area (Å²) < 4.78 is 1.70. The highest BCUT2D eigenvalue weighted by molar-refractivity contribution is 7.81. The molecule has 2 N–H and O–H groups in total. The van der Waals surface area contributed by atoms with Gasteiger partial charge in [-0.15, -0.1) is 0 Å². The van der Waals surface area contributed by atoms with Crippen molar-refractivity contribution in [3.63, 3.8) is 0 Å². The Morgan fingerprint density at radius 3 is 2.48 bits per heavy atom. The fourth-order valence-electron chi connectivity index (χ4n) is 2.90. The summed E-state index contributed by atoms with van der Waals surface area (Å²) in [5.41, 5.74) is 3.33. The number of anilines is 1. The number of nitrogens with one attached hydrogen (secondary N) is 1. The molecule has 0 spiro atoms. The van der Waals surface area contributed by atoms with Gasteiger partial charge in [-0.05, 0) is 37.6 Å². The van der Waals surface area contributed by atoms with Crippen LogP contribution in [0.25, 0.3) is 11.5 Å². The zero-order chi connectivity index (χ0) is 21.0. The lowest BCUT2D eigenvalue weighted by Gasteiger charge is -2.11. The molecule has 3 aromatic rings. The van der Waals surface area contributed by atoms with Gasteiger partial charge in [0.15, 0.2) is 23.1 Å². The highest BCUT2D eigenvalue weighted by atomic mass is 32.1. The summed E-state index contributed by atoms with van der Waals surface area (Å²) >= 11 is 5.60. The fourth-order valence-corrected chi connectivity index (χ4v) is 3.22. The van der Waals surface area contributed by atoms with Crippen LogP contribution in [0.5, 0.6) is 0 Å². The molecule has 1 heterocycles. The molecule has 0 radical (unpaired) electrons. The third-order valence-electron chi connectivity index (χ3n) is 4.25. The fraction of sp³-hybridized carbons (Fsp3) is 0.0909. The lowest BCUT2D eigenvalue weighted by atomic mass is 10.1. The monoisotopic (exact) mass is 406 g/mol. The summed E-state index contributed by atoms with van der Waals surface area (Å²) in [5.74, 6) is -0.158. The number of nitrogens with zero attached hydrogens (tertiary/aromatic N) is 2. The summed E-state index contributed by atoms with van der Waals surface area (Å²) in [5, 5.41) is 25.3. The largest absolute Gasteiger partial charge is 0.502 e. The Hall–Kier alpha value is -3.58. The molecule has 0 aliphatic rings. The number of aliphatic hydroxyl groups is 1. The number of pyridine rings is 1. The van der Waals surface area contributed by atoms with Crippen LogP contribution < -0.4 is 9.88 Å². The normalized spacial score (nSPS) is 11.5. The molecule has 29 heavy (non-hydrogen) atoms. The van der Waals surface area contributed by atoms with E-state index >= 15 is 0 Å². The molecule has 1 aromatic heterocycles. The van der Waals surface area contributed by atoms with Crippen molar-refractivity contribution in [2.45, 2.75) is 13.8 Å². The number of aliphatic hydroxyl groups excluding tert-OH is 1. The van der Waals surface area contributed by atoms with Crippen molar-refractivity contribution in [2.24, 2.45) is 0 Å². The SMILES string of the molecule is Cc1cccc(NC(=S)C(=C(O)c2cccc([N+](=O)[O-])c2)[n+]2cccc(C)c2)c1. The molecule has 0 atom stereocenters. The number of benzene rings is 2. The van der Waals surface area contributed by atoms with E-state index in [1.165, 1.54) is 18.2 Å². The quantitative estimate of drug-likeness (QED) is 0.159. The Morgan fingerprint density at radius 2 is 1.79 bits per heavy atom. The highest BCUT2D eigenvalue weighted by Crippen LogP contribution is 2.23. The number of hydrogen-bond acceptors (Lipinski definition) is 4. The molecule has 7 heteroatoms. The van der Waals surface area contributed by atoms with Gasteiger partial charge >= 0.3 is 0 Å². The van der Waals surface area contributed by atoms with E-state index in [0.29, 0.717) is 11.3 Å². The van der Waals surface area contributed by atoms with Crippen LogP contribution in [-0.4, -0.2) is 15.0 Å². The summed E-state index contributed by atoms with van der Waals surface area (Å²) in [4.78, 5) is 10.9. The van der Waals surface area contributed by atoms with E-state index in [1.54, 1.807) is 16.8 Å². The van der Waals surface area contributed by atoms with Crippen molar-refractivity contribution in [2.75, 3.05) is 5.32 Å². The van der Waals surface area contributed by atoms with Gasteiger partial charge in [0.2, 0.25) is 0 Å². The number of rotatable bonds is 5. The molecule has 0 aliphatic heterocycles. The average molecular weight is 406 g/mol. The number of hydrogen-bond donors (Lipinski definition) is 2. The first kappa shape index (κ1) is 20.2. The van der Waals surface area contributed by atoms with Crippen LogP contribution in [0.15, 0.2) is 73.1 Å². The third-order valence-corrected chi connectivity index (χ3v) is 4.55. The summed E-state index contributed by atoms with van der Waals surface area (Å²) in [6, 6.07) is 17.3. The Balaban J connectivity index is 2.12. The maximum Gasteiger partial charge on any atom is 0.288 e. The van der Waals surface area contributed by atoms with Crippen molar-refractivity contribution in [3.8, 4) is 0 Å². The number of aromatic nitrogens is 1. The smallest absolute Gasteiger partial charge is 0.288 e. The van der Waals surface area contributed by atoms with Crippen LogP contribution in [-0.2, 0) is 0 Å². The Labute approximate surface area is 173 Å². The zero-order valence-corrected chi connectivity index (χ0v) is 16.8. The lowest BCUT2D eigenvalue weighted by molar-refractivity contribution is -0.576. The molecule has 0 amide bonds. The van der Waals surface area contributed by atoms with E-state index < -0.39 is 4.92 Å². The topological polar surface area (TPSA) is 79.3 Å². The van der Waals surface area contributed by atoms with Gasteiger partial charge in [0.1, 0.15) is 0 Å². The minimum atomic E-state index is -0.500. The first-order valence-electron chi connectivity index (χ1n) is 8.89. The van der Waals surface area contributed by atoms with E-state index in [4.69, 9.17) is 12.2 Å². The standard InChI is InChI=1S/C22H19N3O3S/c1-15-6-3-9-18(12-15)23-22(29)20(24-11-5-7-16(2)14-24)21(26)17-8-4-10-19(13-17)25(27)28/h3-14H,1-2H3,(H-,23,26,29)/p+1. The predicted octanol–water partition coefficient (Wildman–Crippen LogP) is 4.82. The van der Waals surface area contributed by atoms with Crippen LogP contribution in [0.4, 0.5) is 11.4 Å². The first-order chi connectivity index (χ1) is 13.8. The highest BCUT2D eigenvalue weighted by Gasteiger charge is 2.25. The molecule has 2 aromatic carbocycles. The average Bonchev–Trinajstić information content (AvgIpc) is 2.68. The second-order valence-electron chi connectivity index (χ2n) is 6.62.